The van der Waals surface area contributed by atoms with E-state index in [1.54, 1.807) is 0 Å². The predicted molar refractivity (Wildman–Crippen MR) is 169 cm³/mol. The first-order chi connectivity index (χ1) is 19.8. The third-order valence-corrected chi connectivity index (χ3v) is 8.61. The molecule has 240 valence electrons. The number of phenolic OH excluding ortho intramolecular Hbond substituents is 1. The maximum Gasteiger partial charge on any atom is 0.224 e. The molecule has 0 saturated heterocycles. The van der Waals surface area contributed by atoms with Crippen LogP contribution in [0.3, 0.4) is 0 Å². The number of hydrogen-bond donors (Lipinski definition) is 4. The first-order valence-corrected chi connectivity index (χ1v) is 15.7. The summed E-state index contributed by atoms with van der Waals surface area (Å²) >= 11 is 4.45. The molecule has 0 fully saturated rings. The zero-order chi connectivity index (χ0) is 31.3. The Labute approximate surface area is 258 Å². The smallest absolute Gasteiger partial charge is 0.224 e. The Balaban J connectivity index is 1.44. The number of hydrogen-bond acceptors (Lipinski definition) is 8. The molecule has 1 aliphatic rings. The van der Waals surface area contributed by atoms with Crippen LogP contribution in [0.5, 0.6) is 11.5 Å². The van der Waals surface area contributed by atoms with E-state index in [1.807, 2.05) is 41.5 Å². The minimum Gasteiger partial charge on any atom is -0.507 e. The van der Waals surface area contributed by atoms with E-state index in [0.29, 0.717) is 71.3 Å². The van der Waals surface area contributed by atoms with Gasteiger partial charge in [-0.1, -0.05) is 20.8 Å². The number of thiol groups is 1. The lowest BCUT2D eigenvalue weighted by atomic mass is 9.85. The van der Waals surface area contributed by atoms with Crippen molar-refractivity contribution in [3.05, 3.63) is 22.3 Å². The number of rotatable bonds is 19. The summed E-state index contributed by atoms with van der Waals surface area (Å²) in [5.74, 6) is 1.09. The molecule has 1 heterocycles. The van der Waals surface area contributed by atoms with Gasteiger partial charge in [0.1, 0.15) is 17.1 Å². The number of fused-ring (bicyclic) bond motifs is 1. The quantitative estimate of drug-likeness (QED) is 0.134. The summed E-state index contributed by atoms with van der Waals surface area (Å²) in [5.41, 5.74) is 3.39. The second-order valence-electron chi connectivity index (χ2n) is 12.1. The van der Waals surface area contributed by atoms with E-state index in [0.717, 1.165) is 53.7 Å². The Kier molecular flexibility index (Phi) is 14.9. The predicted octanol–water partition coefficient (Wildman–Crippen LogP) is 4.59. The van der Waals surface area contributed by atoms with Crippen LogP contribution in [-0.2, 0) is 30.2 Å². The summed E-state index contributed by atoms with van der Waals surface area (Å²) in [6.07, 6.45) is 4.17. The highest BCUT2D eigenvalue weighted by Gasteiger charge is 2.34. The van der Waals surface area contributed by atoms with Crippen LogP contribution in [-0.4, -0.2) is 80.0 Å². The summed E-state index contributed by atoms with van der Waals surface area (Å²) in [5, 5.41) is 16.3. The number of ether oxygens (including phenoxy) is 4. The lowest BCUT2D eigenvalue weighted by Gasteiger charge is -2.38. The lowest BCUT2D eigenvalue weighted by molar-refractivity contribution is -0.125. The molecule has 2 unspecified atom stereocenters. The fraction of sp³-hybridized carbons (Fsp3) is 0.750. The number of aromatic hydroxyl groups is 1. The van der Waals surface area contributed by atoms with Gasteiger partial charge < -0.3 is 34.7 Å². The fourth-order valence-corrected chi connectivity index (χ4v) is 4.86. The monoisotopic (exact) mass is 610 g/mol. The Bertz CT molecular complexity index is 1030. The molecule has 0 aromatic heterocycles. The van der Waals surface area contributed by atoms with Crippen LogP contribution in [0, 0.1) is 26.7 Å². The van der Waals surface area contributed by atoms with Gasteiger partial charge in [-0.2, -0.15) is 12.6 Å². The summed E-state index contributed by atoms with van der Waals surface area (Å²) in [4.78, 5) is 24.4. The van der Waals surface area contributed by atoms with Crippen LogP contribution in [0.2, 0.25) is 0 Å². The second-order valence-corrected chi connectivity index (χ2v) is 13.3. The maximum atomic E-state index is 12.4. The summed E-state index contributed by atoms with van der Waals surface area (Å²) in [6, 6.07) is 0. The first kappa shape index (κ1) is 36.2. The van der Waals surface area contributed by atoms with Gasteiger partial charge in [-0.05, 0) is 76.5 Å². The van der Waals surface area contributed by atoms with E-state index in [4.69, 9.17) is 18.9 Å². The van der Waals surface area contributed by atoms with E-state index in [2.05, 4.69) is 30.2 Å². The number of phenols is 1. The van der Waals surface area contributed by atoms with Gasteiger partial charge >= 0.3 is 0 Å². The second kappa shape index (κ2) is 17.3. The van der Waals surface area contributed by atoms with E-state index >= 15 is 0 Å². The number of nitrogens with one attached hydrogen (secondary N) is 2. The van der Waals surface area contributed by atoms with Crippen LogP contribution in [0.1, 0.15) is 82.1 Å². The number of carbonyl (C=O) groups is 2. The molecular weight excluding hydrogens is 556 g/mol. The molecule has 1 aromatic carbocycles. The molecular formula is C32H54N2O7S. The Morgan fingerprint density at radius 2 is 1.50 bits per heavy atom. The maximum absolute atomic E-state index is 12.4. The normalized spacial score (nSPS) is 17.3. The number of amides is 2. The van der Waals surface area contributed by atoms with Crippen molar-refractivity contribution in [2.75, 3.05) is 52.7 Å². The van der Waals surface area contributed by atoms with Crippen LogP contribution < -0.4 is 15.4 Å². The molecule has 0 aliphatic carbocycles. The Morgan fingerprint density at radius 1 is 0.952 bits per heavy atom. The van der Waals surface area contributed by atoms with Gasteiger partial charge in [0.2, 0.25) is 11.8 Å². The molecule has 1 aromatic rings. The van der Waals surface area contributed by atoms with Gasteiger partial charge in [0.15, 0.2) is 0 Å². The van der Waals surface area contributed by atoms with Gasteiger partial charge in [0, 0.05) is 49.0 Å². The van der Waals surface area contributed by atoms with Crippen molar-refractivity contribution < 1.29 is 33.6 Å². The van der Waals surface area contributed by atoms with Crippen LogP contribution in [0.15, 0.2) is 0 Å². The highest BCUT2D eigenvalue weighted by molar-refractivity contribution is 7.81. The first-order valence-electron chi connectivity index (χ1n) is 15.3. The minimum atomic E-state index is -0.404. The van der Waals surface area contributed by atoms with Crippen molar-refractivity contribution in [3.63, 3.8) is 0 Å². The van der Waals surface area contributed by atoms with Gasteiger partial charge in [0.05, 0.1) is 26.4 Å². The van der Waals surface area contributed by atoms with Crippen molar-refractivity contribution in [3.8, 4) is 11.5 Å². The van der Waals surface area contributed by atoms with Gasteiger partial charge in [-0.15, -0.1) is 0 Å². The van der Waals surface area contributed by atoms with Gasteiger partial charge in [-0.25, -0.2) is 0 Å². The molecule has 0 radical (unpaired) electrons. The molecule has 0 bridgehead atoms. The molecule has 1 aliphatic heterocycles. The third kappa shape index (κ3) is 11.6. The topological polar surface area (TPSA) is 115 Å². The Morgan fingerprint density at radius 3 is 2.07 bits per heavy atom. The van der Waals surface area contributed by atoms with E-state index in [1.165, 1.54) is 0 Å². The van der Waals surface area contributed by atoms with E-state index < -0.39 is 5.60 Å². The van der Waals surface area contributed by atoms with Crippen LogP contribution in [0.4, 0.5) is 0 Å². The molecule has 0 spiro atoms. The van der Waals surface area contributed by atoms with Crippen molar-refractivity contribution >= 4 is 24.4 Å². The fourth-order valence-electron chi connectivity index (χ4n) is 4.74. The third-order valence-electron chi connectivity index (χ3n) is 8.22. The van der Waals surface area contributed by atoms with Crippen LogP contribution in [0.25, 0.3) is 0 Å². The highest BCUT2D eigenvalue weighted by atomic mass is 32.1. The average Bonchev–Trinajstić information content (AvgIpc) is 2.94. The molecule has 2 atom stereocenters. The minimum absolute atomic E-state index is 0.00970. The standard InChI is InChI=1S/C32H54N2O7S/c1-22-23(2)29-26(24(3)28(22)36)10-12-32(7,41-29)13-11-27(35)33-14-8-16-38-18-20-40-21-19-39-17-9-15-34-30(37)25(4)31(5,6)42/h25,36,42H,8-21H2,1-7H3,(H,33,35)(H,34,37). The largest absolute Gasteiger partial charge is 0.507 e. The number of carbonyl (C=O) groups excluding carboxylic acids is 2. The van der Waals surface area contributed by atoms with Crippen molar-refractivity contribution in [2.24, 2.45) is 5.92 Å². The molecule has 9 nitrogen and oxygen atoms in total. The zero-order valence-electron chi connectivity index (χ0n) is 26.8. The zero-order valence-corrected chi connectivity index (χ0v) is 27.7. The number of benzene rings is 1. The lowest BCUT2D eigenvalue weighted by Crippen LogP contribution is -2.39. The molecule has 10 heteroatoms. The Hall–Kier alpha value is -2.01. The molecule has 0 saturated carbocycles. The molecule has 2 rings (SSSR count). The van der Waals surface area contributed by atoms with E-state index in [-0.39, 0.29) is 22.5 Å². The molecule has 2 amide bonds. The highest BCUT2D eigenvalue weighted by Crippen LogP contribution is 2.44. The van der Waals surface area contributed by atoms with Crippen molar-refractivity contribution in [2.45, 2.75) is 97.3 Å². The summed E-state index contributed by atoms with van der Waals surface area (Å²) < 4.78 is 22.7. The molecule has 3 N–H and O–H groups in total. The summed E-state index contributed by atoms with van der Waals surface area (Å²) in [6.45, 7) is 17.9. The van der Waals surface area contributed by atoms with Crippen LogP contribution >= 0.6 is 12.6 Å². The van der Waals surface area contributed by atoms with E-state index in [9.17, 15) is 14.7 Å². The van der Waals surface area contributed by atoms with Gasteiger partial charge in [-0.3, -0.25) is 9.59 Å². The summed E-state index contributed by atoms with van der Waals surface area (Å²) in [7, 11) is 0. The SMILES string of the molecule is Cc1c(C)c2c(c(C)c1O)CCC(C)(CCC(=O)NCCCOCCOCCOCCCNC(=O)C(C)C(C)(C)S)O2. The van der Waals surface area contributed by atoms with Gasteiger partial charge in [0.25, 0.3) is 0 Å². The van der Waals surface area contributed by atoms with Crippen molar-refractivity contribution in [1.29, 1.82) is 0 Å². The average molecular weight is 611 g/mol. The molecule has 42 heavy (non-hydrogen) atoms. The van der Waals surface area contributed by atoms with Crippen molar-refractivity contribution in [1.82, 2.24) is 10.6 Å².